The quantitative estimate of drug-likeness (QED) is 0.542. The summed E-state index contributed by atoms with van der Waals surface area (Å²) in [6.45, 7) is 0.996. The molecule has 0 radical (unpaired) electrons. The number of ether oxygens (including phenoxy) is 1. The molecule has 1 heterocycles. The second-order valence-corrected chi connectivity index (χ2v) is 4.12. The Morgan fingerprint density at radius 3 is 2.80 bits per heavy atom. The molecule has 0 spiro atoms. The lowest BCUT2D eigenvalue weighted by Gasteiger charge is -2.09. The number of pyridine rings is 1. The number of nitrogens with zero attached hydrogens (tertiary/aromatic N) is 1. The summed E-state index contributed by atoms with van der Waals surface area (Å²) in [6, 6.07) is 12.3. The van der Waals surface area contributed by atoms with Gasteiger partial charge in [0, 0.05) is 11.8 Å². The molecule has 0 bridgehead atoms. The van der Waals surface area contributed by atoms with Gasteiger partial charge in [-0.05, 0) is 24.3 Å². The number of nitrogens with one attached hydrogen (secondary N) is 1. The van der Waals surface area contributed by atoms with Crippen molar-refractivity contribution < 1.29 is 9.53 Å². The Labute approximate surface area is 116 Å². The number of aromatic nitrogens is 1. The van der Waals surface area contributed by atoms with Gasteiger partial charge in [0.15, 0.2) is 0 Å². The van der Waals surface area contributed by atoms with E-state index in [2.05, 4.69) is 10.3 Å². The van der Waals surface area contributed by atoms with Gasteiger partial charge < -0.3 is 21.5 Å². The maximum Gasteiger partial charge on any atom is 0.267 e. The Kier molecular flexibility index (Phi) is 4.39. The molecule has 1 aromatic heterocycles. The monoisotopic (exact) mass is 272 g/mol. The minimum atomic E-state index is -0.551. The molecular formula is C14H16N4O2. The molecule has 6 heteroatoms. The third kappa shape index (κ3) is 3.88. The number of rotatable bonds is 6. The minimum absolute atomic E-state index is 0.228. The first-order chi connectivity index (χ1) is 9.65. The zero-order chi connectivity index (χ0) is 14.4. The molecule has 0 aliphatic rings. The van der Waals surface area contributed by atoms with Gasteiger partial charge in [-0.25, -0.2) is 4.98 Å². The van der Waals surface area contributed by atoms with Gasteiger partial charge in [-0.1, -0.05) is 12.1 Å². The van der Waals surface area contributed by atoms with Crippen molar-refractivity contribution >= 4 is 17.4 Å². The van der Waals surface area contributed by atoms with Gasteiger partial charge in [-0.15, -0.1) is 0 Å². The number of benzene rings is 1. The summed E-state index contributed by atoms with van der Waals surface area (Å²) < 4.78 is 5.52. The molecule has 0 unspecified atom stereocenters. The third-order valence-corrected chi connectivity index (χ3v) is 2.54. The molecule has 6 nitrogen and oxygen atoms in total. The number of carbonyl (C=O) groups excluding carboxylic acids is 1. The van der Waals surface area contributed by atoms with Crippen LogP contribution in [0.5, 0.6) is 5.75 Å². The van der Waals surface area contributed by atoms with Crippen LogP contribution in [0, 0.1) is 0 Å². The standard InChI is InChI=1S/C14H16N4O2/c15-10-3-1-4-11(9-10)20-8-7-17-13-6-2-5-12(18-13)14(16)19/h1-6,9H,7-8,15H2,(H2,16,19)(H,17,18). The zero-order valence-electron chi connectivity index (χ0n) is 10.9. The molecule has 0 saturated carbocycles. The number of amides is 1. The first-order valence-electron chi connectivity index (χ1n) is 6.14. The molecule has 0 aliphatic heterocycles. The van der Waals surface area contributed by atoms with Gasteiger partial charge in [0.2, 0.25) is 0 Å². The maximum atomic E-state index is 11.0. The molecule has 5 N–H and O–H groups in total. The lowest BCUT2D eigenvalue weighted by atomic mass is 10.3. The van der Waals surface area contributed by atoms with Gasteiger partial charge in [0.05, 0.1) is 6.54 Å². The number of hydrogen-bond acceptors (Lipinski definition) is 5. The molecular weight excluding hydrogens is 256 g/mol. The second kappa shape index (κ2) is 6.42. The van der Waals surface area contributed by atoms with E-state index in [1.165, 1.54) is 0 Å². The molecule has 1 amide bonds. The van der Waals surface area contributed by atoms with E-state index in [1.807, 2.05) is 12.1 Å². The van der Waals surface area contributed by atoms with Crippen LogP contribution in [0.2, 0.25) is 0 Å². The van der Waals surface area contributed by atoms with Gasteiger partial charge >= 0.3 is 0 Å². The van der Waals surface area contributed by atoms with Crippen molar-refractivity contribution in [2.45, 2.75) is 0 Å². The summed E-state index contributed by atoms with van der Waals surface area (Å²) in [7, 11) is 0. The molecule has 1 aromatic carbocycles. The Bertz CT molecular complexity index is 601. The predicted octanol–water partition coefficient (Wildman–Crippen LogP) is 1.25. The summed E-state index contributed by atoms with van der Waals surface area (Å²) >= 11 is 0. The molecule has 20 heavy (non-hydrogen) atoms. The summed E-state index contributed by atoms with van der Waals surface area (Å²) in [4.78, 5) is 15.1. The molecule has 104 valence electrons. The summed E-state index contributed by atoms with van der Waals surface area (Å²) in [5.74, 6) is 0.743. The van der Waals surface area contributed by atoms with Gasteiger partial charge in [-0.2, -0.15) is 0 Å². The Hall–Kier alpha value is -2.76. The molecule has 2 aromatic rings. The van der Waals surface area contributed by atoms with E-state index in [9.17, 15) is 4.79 Å². The first-order valence-corrected chi connectivity index (χ1v) is 6.14. The average molecular weight is 272 g/mol. The number of nitrogens with two attached hydrogens (primary N) is 2. The van der Waals surface area contributed by atoms with Crippen molar-refractivity contribution in [3.05, 3.63) is 48.2 Å². The van der Waals surface area contributed by atoms with Gasteiger partial charge in [-0.3, -0.25) is 4.79 Å². The van der Waals surface area contributed by atoms with E-state index in [0.29, 0.717) is 30.4 Å². The first kappa shape index (κ1) is 13.7. The largest absolute Gasteiger partial charge is 0.492 e. The lowest BCUT2D eigenvalue weighted by molar-refractivity contribution is 0.0995. The van der Waals surface area contributed by atoms with Crippen LogP contribution in [0.25, 0.3) is 0 Å². The van der Waals surface area contributed by atoms with Crippen LogP contribution in [0.15, 0.2) is 42.5 Å². The Balaban J connectivity index is 1.81. The average Bonchev–Trinajstić information content (AvgIpc) is 2.44. The van der Waals surface area contributed by atoms with E-state index >= 15 is 0 Å². The third-order valence-electron chi connectivity index (χ3n) is 2.54. The Morgan fingerprint density at radius 1 is 1.25 bits per heavy atom. The topological polar surface area (TPSA) is 103 Å². The molecule has 0 atom stereocenters. The number of hydrogen-bond donors (Lipinski definition) is 3. The van der Waals surface area contributed by atoms with Crippen molar-refractivity contribution in [3.63, 3.8) is 0 Å². The minimum Gasteiger partial charge on any atom is -0.492 e. The number of nitrogen functional groups attached to an aromatic ring is 1. The van der Waals surface area contributed by atoms with Crippen molar-refractivity contribution in [1.82, 2.24) is 4.98 Å². The normalized spacial score (nSPS) is 10.0. The van der Waals surface area contributed by atoms with E-state index in [4.69, 9.17) is 16.2 Å². The van der Waals surface area contributed by atoms with Crippen molar-refractivity contribution in [2.24, 2.45) is 5.73 Å². The molecule has 0 saturated heterocycles. The number of primary amides is 1. The molecule has 0 aliphatic carbocycles. The SMILES string of the molecule is NC(=O)c1cccc(NCCOc2cccc(N)c2)n1. The van der Waals surface area contributed by atoms with E-state index in [0.717, 1.165) is 0 Å². The van der Waals surface area contributed by atoms with Crippen LogP contribution < -0.4 is 21.5 Å². The number of anilines is 2. The fourth-order valence-electron chi connectivity index (χ4n) is 1.62. The second-order valence-electron chi connectivity index (χ2n) is 4.12. The summed E-state index contributed by atoms with van der Waals surface area (Å²) in [6.07, 6.45) is 0. The van der Waals surface area contributed by atoms with Crippen molar-refractivity contribution in [3.8, 4) is 5.75 Å². The van der Waals surface area contributed by atoms with Gasteiger partial charge in [0.25, 0.3) is 5.91 Å². The van der Waals surface area contributed by atoms with Crippen LogP contribution in [0.3, 0.4) is 0 Å². The fourth-order valence-corrected chi connectivity index (χ4v) is 1.62. The lowest BCUT2D eigenvalue weighted by Crippen LogP contribution is -2.16. The highest BCUT2D eigenvalue weighted by Gasteiger charge is 2.02. The molecule has 2 rings (SSSR count). The summed E-state index contributed by atoms with van der Waals surface area (Å²) in [5.41, 5.74) is 11.7. The number of carbonyl (C=O) groups is 1. The van der Waals surface area contributed by atoms with E-state index in [-0.39, 0.29) is 5.69 Å². The van der Waals surface area contributed by atoms with E-state index in [1.54, 1.807) is 30.3 Å². The molecule has 0 fully saturated rings. The van der Waals surface area contributed by atoms with Crippen LogP contribution in [-0.2, 0) is 0 Å². The van der Waals surface area contributed by atoms with Gasteiger partial charge in [0.1, 0.15) is 23.9 Å². The van der Waals surface area contributed by atoms with Crippen LogP contribution in [0.4, 0.5) is 11.5 Å². The summed E-state index contributed by atoms with van der Waals surface area (Å²) in [5, 5.41) is 3.05. The van der Waals surface area contributed by atoms with Crippen molar-refractivity contribution in [2.75, 3.05) is 24.2 Å². The maximum absolute atomic E-state index is 11.0. The van der Waals surface area contributed by atoms with Crippen LogP contribution >= 0.6 is 0 Å². The predicted molar refractivity (Wildman–Crippen MR) is 77.6 cm³/mol. The Morgan fingerprint density at radius 2 is 2.05 bits per heavy atom. The fraction of sp³-hybridized carbons (Fsp3) is 0.143. The van der Waals surface area contributed by atoms with Crippen LogP contribution in [0.1, 0.15) is 10.5 Å². The van der Waals surface area contributed by atoms with Crippen LogP contribution in [-0.4, -0.2) is 24.0 Å². The van der Waals surface area contributed by atoms with Crippen molar-refractivity contribution in [1.29, 1.82) is 0 Å². The van der Waals surface area contributed by atoms with E-state index < -0.39 is 5.91 Å². The highest BCUT2D eigenvalue weighted by Crippen LogP contribution is 2.14. The smallest absolute Gasteiger partial charge is 0.267 e. The highest BCUT2D eigenvalue weighted by atomic mass is 16.5. The zero-order valence-corrected chi connectivity index (χ0v) is 10.9. The highest BCUT2D eigenvalue weighted by molar-refractivity contribution is 5.91.